The molecule has 4 rings (SSSR count). The van der Waals surface area contributed by atoms with E-state index in [9.17, 15) is 22.8 Å². The highest BCUT2D eigenvalue weighted by molar-refractivity contribution is 6.00. The zero-order chi connectivity index (χ0) is 35.8. The van der Waals surface area contributed by atoms with Crippen molar-refractivity contribution in [2.75, 3.05) is 37.9 Å². The molecule has 1 unspecified atom stereocenters. The van der Waals surface area contributed by atoms with E-state index < -0.39 is 24.3 Å². The summed E-state index contributed by atoms with van der Waals surface area (Å²) >= 11 is 0. The normalized spacial score (nSPS) is 10.4. The number of carbonyl (C=O) groups is 3. The van der Waals surface area contributed by atoms with E-state index in [4.69, 9.17) is 23.8 Å². The SMILES string of the molecule is CCCN(C)CCC(OC(=O)NCc1cccc(NC(=O)Nc2ccc(-c3cnco3)c(OC)c2)c1)c1ccccc1.F.F.F.O.O.O=C(O)C(F)(F)F. The van der Waals surface area contributed by atoms with E-state index >= 15 is 0 Å². The number of alkyl carbamates (subject to hydrolysis) is 1. The summed E-state index contributed by atoms with van der Waals surface area (Å²) in [6.07, 6.45) is -1.25. The molecule has 8 N–H and O–H groups in total. The first-order valence-corrected chi connectivity index (χ1v) is 15.1. The van der Waals surface area contributed by atoms with Gasteiger partial charge in [-0.3, -0.25) is 14.1 Å². The minimum Gasteiger partial charge on any atom is -0.496 e. The van der Waals surface area contributed by atoms with Crippen LogP contribution in [0.2, 0.25) is 0 Å². The first-order chi connectivity index (χ1) is 23.4. The van der Waals surface area contributed by atoms with E-state index in [-0.39, 0.29) is 37.7 Å². The average Bonchev–Trinajstić information content (AvgIpc) is 3.61. The lowest BCUT2D eigenvalue weighted by Gasteiger charge is -2.22. The second-order valence-corrected chi connectivity index (χ2v) is 10.6. The summed E-state index contributed by atoms with van der Waals surface area (Å²) < 4.78 is 48.4. The standard InChI is InChI=1S/C32H37N5O5.C2HF3O2.3FH.2H2O/c1-4-16-37(2)17-15-28(24-10-6-5-7-11-24)42-32(39)34-20-23-9-8-12-25(18-23)35-31(38)36-26-13-14-27(29(19-26)40-3)30-21-33-22-41-30;3-2(4,5)1(6)7;;;;;/h5-14,18-19,21-22,28H,4,15-17,20H2,1-3H3,(H,34,39)(H2,35,36,38);(H,6,7);3*1H;2*1H2. The number of aromatic nitrogens is 1. The van der Waals surface area contributed by atoms with Crippen LogP contribution >= 0.6 is 0 Å². The van der Waals surface area contributed by atoms with Crippen molar-refractivity contribution >= 4 is 29.5 Å². The van der Waals surface area contributed by atoms with Gasteiger partial charge < -0.3 is 50.8 Å². The van der Waals surface area contributed by atoms with Gasteiger partial charge in [0.05, 0.1) is 18.9 Å². The number of alkyl halides is 3. The lowest BCUT2D eigenvalue weighted by Crippen LogP contribution is -2.28. The number of halogens is 6. The number of anilines is 2. The number of rotatable bonds is 13. The van der Waals surface area contributed by atoms with Crippen LogP contribution in [-0.2, 0) is 16.1 Å². The third-order valence-electron chi connectivity index (χ3n) is 6.82. The molecule has 1 atom stereocenters. The number of hydrogen-bond acceptors (Lipinski definition) is 8. The number of amides is 3. The molecule has 20 heteroatoms. The lowest BCUT2D eigenvalue weighted by atomic mass is 10.1. The Hall–Kier alpha value is -5.86. The summed E-state index contributed by atoms with van der Waals surface area (Å²) in [6, 6.07) is 21.8. The van der Waals surface area contributed by atoms with Crippen molar-refractivity contribution in [3.05, 3.63) is 96.5 Å². The zero-order valence-electron chi connectivity index (χ0n) is 29.3. The van der Waals surface area contributed by atoms with Gasteiger partial charge >= 0.3 is 24.3 Å². The van der Waals surface area contributed by atoms with Gasteiger partial charge in [-0.1, -0.05) is 49.4 Å². The number of carboxylic acid groups (broad SMARTS) is 1. The number of oxazole rings is 1. The second kappa shape index (κ2) is 26.0. The number of aliphatic carboxylic acids is 1. The highest BCUT2D eigenvalue weighted by Gasteiger charge is 2.38. The molecule has 0 aliphatic carbocycles. The molecular formula is C34H45F6N5O9. The van der Waals surface area contributed by atoms with Crippen molar-refractivity contribution in [3.8, 4) is 17.1 Å². The molecule has 0 bridgehead atoms. The van der Waals surface area contributed by atoms with E-state index in [0.717, 1.165) is 36.2 Å². The van der Waals surface area contributed by atoms with E-state index in [1.54, 1.807) is 43.6 Å². The molecule has 1 heterocycles. The van der Waals surface area contributed by atoms with Crippen molar-refractivity contribution in [3.63, 3.8) is 0 Å². The van der Waals surface area contributed by atoms with Crippen molar-refractivity contribution in [2.45, 2.75) is 38.6 Å². The molecule has 0 aliphatic heterocycles. The highest BCUT2D eigenvalue weighted by Crippen LogP contribution is 2.32. The Balaban J connectivity index is -0.00000198. The molecule has 0 radical (unpaired) electrons. The van der Waals surface area contributed by atoms with Gasteiger partial charge in [0.1, 0.15) is 11.9 Å². The van der Waals surface area contributed by atoms with Gasteiger partial charge in [0.2, 0.25) is 0 Å². The average molecular weight is 782 g/mol. The number of ether oxygens (including phenoxy) is 2. The van der Waals surface area contributed by atoms with Crippen LogP contribution in [0, 0.1) is 0 Å². The number of nitrogens with one attached hydrogen (secondary N) is 3. The number of carbonyl (C=O) groups excluding carboxylic acids is 2. The summed E-state index contributed by atoms with van der Waals surface area (Å²) in [6.45, 7) is 4.19. The number of benzene rings is 3. The van der Waals surface area contributed by atoms with Gasteiger partial charge in [0.25, 0.3) is 0 Å². The Morgan fingerprint density at radius 3 is 2.11 bits per heavy atom. The van der Waals surface area contributed by atoms with E-state index in [1.165, 1.54) is 6.39 Å². The van der Waals surface area contributed by atoms with Crippen molar-refractivity contribution in [1.29, 1.82) is 0 Å². The summed E-state index contributed by atoms with van der Waals surface area (Å²) in [5, 5.41) is 15.6. The van der Waals surface area contributed by atoms with Crippen LogP contribution < -0.4 is 20.7 Å². The molecule has 1 aromatic heterocycles. The maximum Gasteiger partial charge on any atom is 0.490 e. The molecule has 0 aliphatic rings. The summed E-state index contributed by atoms with van der Waals surface area (Å²) in [5.41, 5.74) is 3.61. The molecule has 0 fully saturated rings. The van der Waals surface area contributed by atoms with Gasteiger partial charge in [-0.2, -0.15) is 13.2 Å². The Morgan fingerprint density at radius 2 is 1.56 bits per heavy atom. The summed E-state index contributed by atoms with van der Waals surface area (Å²) in [4.78, 5) is 40.5. The van der Waals surface area contributed by atoms with Gasteiger partial charge in [-0.25, -0.2) is 19.4 Å². The van der Waals surface area contributed by atoms with Crippen LogP contribution in [0.15, 0.2) is 89.8 Å². The van der Waals surface area contributed by atoms with Crippen LogP contribution in [0.25, 0.3) is 11.3 Å². The molecule has 3 amide bonds. The lowest BCUT2D eigenvalue weighted by molar-refractivity contribution is -0.192. The molecule has 0 spiro atoms. The Bertz CT molecular complexity index is 1650. The smallest absolute Gasteiger partial charge is 0.490 e. The first-order valence-electron chi connectivity index (χ1n) is 15.1. The van der Waals surface area contributed by atoms with Crippen molar-refractivity contribution in [2.24, 2.45) is 0 Å². The topological polar surface area (TPSA) is 218 Å². The maximum atomic E-state index is 12.7. The number of hydrogen-bond donors (Lipinski definition) is 4. The molecule has 4 aromatic rings. The molecule has 0 saturated carbocycles. The van der Waals surface area contributed by atoms with E-state index in [0.29, 0.717) is 29.3 Å². The summed E-state index contributed by atoms with van der Waals surface area (Å²) in [7, 11) is 3.61. The number of carboxylic acids is 1. The van der Waals surface area contributed by atoms with Gasteiger partial charge in [0.15, 0.2) is 12.2 Å². The molecular weight excluding hydrogens is 736 g/mol. The van der Waals surface area contributed by atoms with Crippen LogP contribution in [-0.4, -0.2) is 77.5 Å². The minimum absolute atomic E-state index is 0. The van der Waals surface area contributed by atoms with Gasteiger partial charge in [-0.15, -0.1) is 0 Å². The third kappa shape index (κ3) is 17.6. The second-order valence-electron chi connectivity index (χ2n) is 10.6. The molecule has 54 heavy (non-hydrogen) atoms. The quantitative estimate of drug-likeness (QED) is 0.114. The fourth-order valence-corrected chi connectivity index (χ4v) is 4.51. The molecule has 0 saturated heterocycles. The Kier molecular flexibility index (Phi) is 25.3. The summed E-state index contributed by atoms with van der Waals surface area (Å²) in [5.74, 6) is -1.66. The number of urea groups is 1. The largest absolute Gasteiger partial charge is 0.496 e. The van der Waals surface area contributed by atoms with Crippen molar-refractivity contribution < 1.29 is 71.6 Å². The predicted molar refractivity (Wildman–Crippen MR) is 191 cm³/mol. The minimum atomic E-state index is -5.08. The predicted octanol–water partition coefficient (Wildman–Crippen LogP) is 6.14. The first kappa shape index (κ1) is 52.5. The van der Waals surface area contributed by atoms with Crippen LogP contribution in [0.4, 0.5) is 48.2 Å². The fraction of sp³-hybridized carbons (Fsp3) is 0.294. The molecule has 302 valence electrons. The number of methoxy groups -OCH3 is 1. The van der Waals surface area contributed by atoms with Gasteiger partial charge in [-0.05, 0) is 55.4 Å². The highest BCUT2D eigenvalue weighted by atomic mass is 19.4. The Labute approximate surface area is 306 Å². The third-order valence-corrected chi connectivity index (χ3v) is 6.82. The zero-order valence-corrected chi connectivity index (χ0v) is 29.3. The van der Waals surface area contributed by atoms with E-state index in [1.807, 2.05) is 42.5 Å². The van der Waals surface area contributed by atoms with E-state index in [2.05, 4.69) is 39.8 Å². The van der Waals surface area contributed by atoms with Crippen LogP contribution in [0.1, 0.15) is 37.0 Å². The van der Waals surface area contributed by atoms with Crippen molar-refractivity contribution in [1.82, 2.24) is 15.2 Å². The fourth-order valence-electron chi connectivity index (χ4n) is 4.51. The number of nitrogens with zero attached hydrogens (tertiary/aromatic N) is 2. The Morgan fingerprint density at radius 1 is 0.926 bits per heavy atom. The molecule has 3 aromatic carbocycles. The van der Waals surface area contributed by atoms with Crippen LogP contribution in [0.3, 0.4) is 0 Å². The van der Waals surface area contributed by atoms with Gasteiger partial charge in [0, 0.05) is 37.0 Å². The van der Waals surface area contributed by atoms with Crippen LogP contribution in [0.5, 0.6) is 5.75 Å². The maximum absolute atomic E-state index is 12.7. The monoisotopic (exact) mass is 781 g/mol. The molecule has 14 nitrogen and oxygen atoms in total.